The Morgan fingerprint density at radius 1 is 1.22 bits per heavy atom. The molecule has 6 nitrogen and oxygen atoms in total. The van der Waals surface area contributed by atoms with Crippen molar-refractivity contribution in [1.82, 2.24) is 14.7 Å². The molecule has 0 atom stereocenters. The Morgan fingerprint density at radius 2 is 1.96 bits per heavy atom. The Balaban J connectivity index is 1.54. The van der Waals surface area contributed by atoms with E-state index in [1.54, 1.807) is 6.20 Å². The van der Waals surface area contributed by atoms with Gasteiger partial charge in [0.25, 0.3) is 5.91 Å². The van der Waals surface area contributed by atoms with Gasteiger partial charge >= 0.3 is 0 Å². The van der Waals surface area contributed by atoms with Crippen LogP contribution in [0, 0.1) is 11.6 Å². The molecule has 0 unspecified atom stereocenters. The normalized spacial score (nSPS) is 14.4. The number of nitrogens with one attached hydrogen (secondary N) is 2. The minimum absolute atomic E-state index is 0.107. The first-order valence-corrected chi connectivity index (χ1v) is 9.90. The summed E-state index contributed by atoms with van der Waals surface area (Å²) in [5, 5.41) is 8.58. The maximum Gasteiger partial charge on any atom is 0.275 e. The summed E-state index contributed by atoms with van der Waals surface area (Å²) in [6.45, 7) is 3.40. The van der Waals surface area contributed by atoms with Gasteiger partial charge in [0, 0.05) is 31.6 Å². The molecule has 10 heteroatoms. The standard InChI is InChI=1S/C17H15F2N5OS2/c18-10-2-1-3-11(19)14(10)16-23-13(9-26-16)15(25)22-12-8-21-27-17(12)24-6-4-20-5-7-24/h1-3,8-9,20H,4-7H2,(H,22,25). The van der Waals surface area contributed by atoms with Gasteiger partial charge in [-0.1, -0.05) is 6.07 Å². The average molecular weight is 407 g/mol. The quantitative estimate of drug-likeness (QED) is 0.695. The third-order valence-electron chi connectivity index (χ3n) is 4.12. The van der Waals surface area contributed by atoms with Gasteiger partial charge in [0.1, 0.15) is 27.3 Å². The number of carbonyl (C=O) groups excluding carboxylic acids is 1. The van der Waals surface area contributed by atoms with E-state index in [9.17, 15) is 13.6 Å². The van der Waals surface area contributed by atoms with E-state index in [4.69, 9.17) is 0 Å². The summed E-state index contributed by atoms with van der Waals surface area (Å²) in [6, 6.07) is 3.61. The van der Waals surface area contributed by atoms with Crippen LogP contribution < -0.4 is 15.5 Å². The van der Waals surface area contributed by atoms with E-state index in [-0.39, 0.29) is 16.3 Å². The molecule has 4 rings (SSSR count). The van der Waals surface area contributed by atoms with Crippen LogP contribution in [-0.4, -0.2) is 41.4 Å². The average Bonchev–Trinajstić information content (AvgIpc) is 3.32. The zero-order valence-corrected chi connectivity index (χ0v) is 15.7. The molecule has 2 aromatic heterocycles. The maximum absolute atomic E-state index is 13.9. The van der Waals surface area contributed by atoms with Crippen LogP contribution in [0.25, 0.3) is 10.6 Å². The number of thiazole rings is 1. The first-order chi connectivity index (χ1) is 13.1. The van der Waals surface area contributed by atoms with Crippen LogP contribution in [0.15, 0.2) is 29.8 Å². The van der Waals surface area contributed by atoms with Gasteiger partial charge < -0.3 is 15.5 Å². The molecule has 1 fully saturated rings. The van der Waals surface area contributed by atoms with Crippen molar-refractivity contribution in [3.63, 3.8) is 0 Å². The predicted octanol–water partition coefficient (Wildman–Crippen LogP) is 3.21. The topological polar surface area (TPSA) is 70.2 Å². The number of piperazine rings is 1. The summed E-state index contributed by atoms with van der Waals surface area (Å²) < 4.78 is 32.0. The van der Waals surface area contributed by atoms with Gasteiger partial charge in [-0.2, -0.15) is 4.37 Å². The molecule has 0 aliphatic carbocycles. The van der Waals surface area contributed by atoms with Crippen molar-refractivity contribution < 1.29 is 13.6 Å². The largest absolute Gasteiger partial charge is 0.358 e. The van der Waals surface area contributed by atoms with Crippen LogP contribution in [0.3, 0.4) is 0 Å². The first-order valence-electron chi connectivity index (χ1n) is 8.25. The second kappa shape index (κ2) is 7.67. The van der Waals surface area contributed by atoms with Crippen LogP contribution in [-0.2, 0) is 0 Å². The van der Waals surface area contributed by atoms with Gasteiger partial charge in [-0.25, -0.2) is 13.8 Å². The Kier molecular flexibility index (Phi) is 5.10. The van der Waals surface area contributed by atoms with Gasteiger partial charge in [-0.3, -0.25) is 4.79 Å². The molecular formula is C17H15F2N5OS2. The number of hydrogen-bond donors (Lipinski definition) is 2. The number of benzene rings is 1. The zero-order valence-electron chi connectivity index (χ0n) is 14.0. The molecule has 27 heavy (non-hydrogen) atoms. The summed E-state index contributed by atoms with van der Waals surface area (Å²) in [7, 11) is 0. The molecule has 1 aromatic carbocycles. The fourth-order valence-electron chi connectivity index (χ4n) is 2.80. The highest BCUT2D eigenvalue weighted by Gasteiger charge is 2.21. The van der Waals surface area contributed by atoms with Crippen molar-refractivity contribution in [3.05, 3.63) is 47.1 Å². The fraction of sp³-hybridized carbons (Fsp3) is 0.235. The lowest BCUT2D eigenvalue weighted by Gasteiger charge is -2.28. The zero-order chi connectivity index (χ0) is 18.8. The van der Waals surface area contributed by atoms with E-state index in [2.05, 4.69) is 24.9 Å². The molecule has 0 radical (unpaired) electrons. The second-order valence-corrected chi connectivity index (χ2v) is 7.51. The van der Waals surface area contributed by atoms with Crippen molar-refractivity contribution >= 4 is 39.5 Å². The highest BCUT2D eigenvalue weighted by Crippen LogP contribution is 2.32. The van der Waals surface area contributed by atoms with E-state index in [1.165, 1.54) is 23.0 Å². The minimum Gasteiger partial charge on any atom is -0.358 e. The number of hydrogen-bond acceptors (Lipinski definition) is 7. The molecule has 1 amide bonds. The molecule has 0 saturated carbocycles. The molecular weight excluding hydrogens is 392 g/mol. The molecule has 0 spiro atoms. The lowest BCUT2D eigenvalue weighted by Crippen LogP contribution is -2.43. The maximum atomic E-state index is 13.9. The number of aromatic nitrogens is 2. The number of rotatable bonds is 4. The summed E-state index contributed by atoms with van der Waals surface area (Å²) >= 11 is 2.34. The van der Waals surface area contributed by atoms with Gasteiger partial charge in [-0.05, 0) is 23.7 Å². The number of halogens is 2. The molecule has 1 aliphatic rings. The highest BCUT2D eigenvalue weighted by molar-refractivity contribution is 7.13. The predicted molar refractivity (Wildman–Crippen MR) is 103 cm³/mol. The molecule has 0 bridgehead atoms. The van der Waals surface area contributed by atoms with E-state index < -0.39 is 17.5 Å². The summed E-state index contributed by atoms with van der Waals surface area (Å²) in [6.07, 6.45) is 1.60. The first kappa shape index (κ1) is 18.0. The van der Waals surface area contributed by atoms with Crippen molar-refractivity contribution in [3.8, 4) is 10.6 Å². The van der Waals surface area contributed by atoms with Crippen LogP contribution in [0.4, 0.5) is 19.5 Å². The molecule has 3 heterocycles. The Hall–Kier alpha value is -2.43. The van der Waals surface area contributed by atoms with Crippen LogP contribution in [0.1, 0.15) is 10.5 Å². The Labute approximate surface area is 162 Å². The summed E-state index contributed by atoms with van der Waals surface area (Å²) in [5.41, 5.74) is 0.494. The smallest absolute Gasteiger partial charge is 0.275 e. The van der Waals surface area contributed by atoms with Crippen molar-refractivity contribution in [1.29, 1.82) is 0 Å². The number of anilines is 2. The van der Waals surface area contributed by atoms with Crippen molar-refractivity contribution in [2.75, 3.05) is 36.4 Å². The summed E-state index contributed by atoms with van der Waals surface area (Å²) in [5.74, 6) is -1.86. The number of nitrogens with zero attached hydrogens (tertiary/aromatic N) is 3. The van der Waals surface area contributed by atoms with Gasteiger partial charge in [0.2, 0.25) is 0 Å². The Bertz CT molecular complexity index is 948. The summed E-state index contributed by atoms with van der Waals surface area (Å²) in [4.78, 5) is 18.8. The van der Waals surface area contributed by atoms with Gasteiger partial charge in [0.15, 0.2) is 0 Å². The SMILES string of the molecule is O=C(Nc1cnsc1N1CCNCC1)c1csc(-c2c(F)cccc2F)n1. The second-order valence-electron chi connectivity index (χ2n) is 5.87. The van der Waals surface area contributed by atoms with E-state index in [0.717, 1.165) is 54.6 Å². The molecule has 1 saturated heterocycles. The number of amides is 1. The van der Waals surface area contributed by atoms with Crippen LogP contribution in [0.2, 0.25) is 0 Å². The fourth-order valence-corrected chi connectivity index (χ4v) is 4.40. The van der Waals surface area contributed by atoms with Gasteiger partial charge in [-0.15, -0.1) is 11.3 Å². The highest BCUT2D eigenvalue weighted by atomic mass is 32.1. The van der Waals surface area contributed by atoms with Crippen LogP contribution >= 0.6 is 22.9 Å². The molecule has 3 aromatic rings. The van der Waals surface area contributed by atoms with Crippen molar-refractivity contribution in [2.45, 2.75) is 0 Å². The molecule has 1 aliphatic heterocycles. The van der Waals surface area contributed by atoms with E-state index in [1.807, 2.05) is 0 Å². The third-order valence-corrected chi connectivity index (χ3v) is 5.84. The van der Waals surface area contributed by atoms with Crippen LogP contribution in [0.5, 0.6) is 0 Å². The monoisotopic (exact) mass is 407 g/mol. The molecule has 140 valence electrons. The Morgan fingerprint density at radius 3 is 2.70 bits per heavy atom. The van der Waals surface area contributed by atoms with E-state index >= 15 is 0 Å². The number of carbonyl (C=O) groups is 1. The minimum atomic E-state index is -0.709. The lowest BCUT2D eigenvalue weighted by atomic mass is 10.2. The van der Waals surface area contributed by atoms with Crippen molar-refractivity contribution in [2.24, 2.45) is 0 Å². The van der Waals surface area contributed by atoms with E-state index in [0.29, 0.717) is 5.69 Å². The lowest BCUT2D eigenvalue weighted by molar-refractivity contribution is 0.102. The van der Waals surface area contributed by atoms with Gasteiger partial charge in [0.05, 0.1) is 17.4 Å². The third kappa shape index (κ3) is 3.68. The molecule has 2 N–H and O–H groups in total.